The van der Waals surface area contributed by atoms with Crippen LogP contribution in [0.3, 0.4) is 0 Å². The Morgan fingerprint density at radius 1 is 1.04 bits per heavy atom. The molecule has 3 amide bonds. The molecule has 1 aliphatic heterocycles. The molecule has 0 aliphatic carbocycles. The molecular formula is C21H19N3O2. The van der Waals surface area contributed by atoms with Gasteiger partial charge in [0.25, 0.3) is 5.91 Å². The van der Waals surface area contributed by atoms with Crippen LogP contribution in [0, 0.1) is 6.92 Å². The SMILES string of the molecule is Cc1cc(CN2C(=O)NC(C)(c3ccccc3)C2=O)c2ccccc2n1. The third-order valence-corrected chi connectivity index (χ3v) is 4.88. The Hall–Kier alpha value is -3.21. The monoisotopic (exact) mass is 345 g/mol. The number of urea groups is 1. The molecule has 0 spiro atoms. The first kappa shape index (κ1) is 16.3. The summed E-state index contributed by atoms with van der Waals surface area (Å²) in [4.78, 5) is 31.5. The van der Waals surface area contributed by atoms with Gasteiger partial charge in [-0.2, -0.15) is 0 Å². The molecule has 1 unspecified atom stereocenters. The molecule has 3 aromatic rings. The fraction of sp³-hybridized carbons (Fsp3) is 0.190. The summed E-state index contributed by atoms with van der Waals surface area (Å²) in [7, 11) is 0. The van der Waals surface area contributed by atoms with Crippen LogP contribution in [0.25, 0.3) is 10.9 Å². The number of aryl methyl sites for hydroxylation is 1. The van der Waals surface area contributed by atoms with E-state index in [9.17, 15) is 9.59 Å². The molecule has 1 aliphatic rings. The molecule has 1 fully saturated rings. The number of carbonyl (C=O) groups is 2. The minimum absolute atomic E-state index is 0.219. The number of carbonyl (C=O) groups excluding carboxylic acids is 2. The fourth-order valence-corrected chi connectivity index (χ4v) is 3.50. The highest BCUT2D eigenvalue weighted by Gasteiger charge is 2.48. The molecule has 1 N–H and O–H groups in total. The minimum Gasteiger partial charge on any atom is -0.319 e. The van der Waals surface area contributed by atoms with Crippen LogP contribution in [0.5, 0.6) is 0 Å². The van der Waals surface area contributed by atoms with Crippen molar-refractivity contribution in [1.82, 2.24) is 15.2 Å². The van der Waals surface area contributed by atoms with E-state index >= 15 is 0 Å². The van der Waals surface area contributed by atoms with E-state index in [0.29, 0.717) is 0 Å². The molecule has 2 aromatic carbocycles. The average Bonchev–Trinajstić information content (AvgIpc) is 2.86. The Bertz CT molecular complexity index is 1020. The number of pyridine rings is 1. The number of imide groups is 1. The van der Waals surface area contributed by atoms with Gasteiger partial charge in [-0.05, 0) is 37.1 Å². The summed E-state index contributed by atoms with van der Waals surface area (Å²) in [6.07, 6.45) is 0. The third kappa shape index (κ3) is 2.52. The van der Waals surface area contributed by atoms with Crippen LogP contribution in [-0.4, -0.2) is 21.8 Å². The Labute approximate surface area is 151 Å². The number of aromatic nitrogens is 1. The number of para-hydroxylation sites is 1. The first-order chi connectivity index (χ1) is 12.5. The highest BCUT2D eigenvalue weighted by molar-refractivity contribution is 6.07. The minimum atomic E-state index is -1.05. The van der Waals surface area contributed by atoms with E-state index in [-0.39, 0.29) is 18.5 Å². The molecule has 0 bridgehead atoms. The zero-order valence-electron chi connectivity index (χ0n) is 14.7. The van der Waals surface area contributed by atoms with Crippen molar-refractivity contribution in [2.45, 2.75) is 25.9 Å². The number of fused-ring (bicyclic) bond motifs is 1. The summed E-state index contributed by atoms with van der Waals surface area (Å²) in [5, 5.41) is 3.80. The number of benzene rings is 2. The fourth-order valence-electron chi connectivity index (χ4n) is 3.50. The van der Waals surface area contributed by atoms with Crippen molar-refractivity contribution in [1.29, 1.82) is 0 Å². The zero-order valence-corrected chi connectivity index (χ0v) is 14.7. The van der Waals surface area contributed by atoms with Gasteiger partial charge >= 0.3 is 6.03 Å². The maximum absolute atomic E-state index is 13.1. The predicted molar refractivity (Wildman–Crippen MR) is 99.4 cm³/mol. The van der Waals surface area contributed by atoms with Gasteiger partial charge in [0, 0.05) is 11.1 Å². The number of nitrogens with zero attached hydrogens (tertiary/aromatic N) is 2. The number of nitrogens with one attached hydrogen (secondary N) is 1. The summed E-state index contributed by atoms with van der Waals surface area (Å²) in [5.74, 6) is -0.243. The lowest BCUT2D eigenvalue weighted by atomic mass is 9.92. The van der Waals surface area contributed by atoms with Gasteiger partial charge in [0.2, 0.25) is 0 Å². The number of rotatable bonds is 3. The molecule has 5 nitrogen and oxygen atoms in total. The van der Waals surface area contributed by atoms with Crippen molar-refractivity contribution in [2.75, 3.05) is 0 Å². The Balaban J connectivity index is 1.72. The third-order valence-electron chi connectivity index (χ3n) is 4.88. The summed E-state index contributed by atoms with van der Waals surface area (Å²) < 4.78 is 0. The molecule has 5 heteroatoms. The van der Waals surface area contributed by atoms with Crippen molar-refractivity contribution in [3.63, 3.8) is 0 Å². The van der Waals surface area contributed by atoms with Crippen molar-refractivity contribution in [2.24, 2.45) is 0 Å². The van der Waals surface area contributed by atoms with Crippen molar-refractivity contribution in [3.05, 3.63) is 77.5 Å². The Morgan fingerprint density at radius 3 is 2.50 bits per heavy atom. The first-order valence-electron chi connectivity index (χ1n) is 8.54. The molecule has 130 valence electrons. The second kappa shape index (κ2) is 5.95. The van der Waals surface area contributed by atoms with E-state index in [2.05, 4.69) is 10.3 Å². The van der Waals surface area contributed by atoms with Crippen LogP contribution in [-0.2, 0) is 16.9 Å². The van der Waals surface area contributed by atoms with Crippen molar-refractivity contribution in [3.8, 4) is 0 Å². The lowest BCUT2D eigenvalue weighted by Gasteiger charge is -2.22. The van der Waals surface area contributed by atoms with Gasteiger partial charge in [0.05, 0.1) is 12.1 Å². The van der Waals surface area contributed by atoms with E-state index < -0.39 is 5.54 Å². The van der Waals surface area contributed by atoms with Gasteiger partial charge in [-0.25, -0.2) is 4.79 Å². The molecule has 26 heavy (non-hydrogen) atoms. The molecule has 1 saturated heterocycles. The summed E-state index contributed by atoms with van der Waals surface area (Å²) >= 11 is 0. The highest BCUT2D eigenvalue weighted by Crippen LogP contribution is 2.30. The smallest absolute Gasteiger partial charge is 0.319 e. The molecule has 0 radical (unpaired) electrons. The van der Waals surface area contributed by atoms with Crippen LogP contribution in [0.15, 0.2) is 60.7 Å². The topological polar surface area (TPSA) is 62.3 Å². The largest absolute Gasteiger partial charge is 0.325 e. The maximum Gasteiger partial charge on any atom is 0.325 e. The normalized spacial score (nSPS) is 19.8. The Kier molecular flexibility index (Phi) is 3.72. The summed E-state index contributed by atoms with van der Waals surface area (Å²) in [5.41, 5.74) is 2.36. The van der Waals surface area contributed by atoms with Crippen LogP contribution in [0.4, 0.5) is 4.79 Å². The predicted octanol–water partition coefficient (Wildman–Crippen LogP) is 3.51. The van der Waals surface area contributed by atoms with E-state index in [1.165, 1.54) is 4.90 Å². The lowest BCUT2D eigenvalue weighted by molar-refractivity contribution is -0.131. The van der Waals surface area contributed by atoms with Gasteiger partial charge in [-0.15, -0.1) is 0 Å². The van der Waals surface area contributed by atoms with Gasteiger partial charge in [-0.1, -0.05) is 48.5 Å². The van der Waals surface area contributed by atoms with Crippen molar-refractivity contribution >= 4 is 22.8 Å². The van der Waals surface area contributed by atoms with E-state index in [0.717, 1.165) is 27.7 Å². The van der Waals surface area contributed by atoms with Crippen LogP contribution < -0.4 is 5.32 Å². The van der Waals surface area contributed by atoms with Gasteiger partial charge in [0.15, 0.2) is 0 Å². The molecule has 0 saturated carbocycles. The number of hydrogen-bond acceptors (Lipinski definition) is 3. The lowest BCUT2D eigenvalue weighted by Crippen LogP contribution is -2.40. The van der Waals surface area contributed by atoms with Gasteiger partial charge in [-0.3, -0.25) is 14.7 Å². The van der Waals surface area contributed by atoms with Gasteiger partial charge < -0.3 is 5.32 Å². The van der Waals surface area contributed by atoms with E-state index in [1.807, 2.05) is 67.6 Å². The van der Waals surface area contributed by atoms with Crippen LogP contribution in [0.1, 0.15) is 23.7 Å². The van der Waals surface area contributed by atoms with Crippen molar-refractivity contribution < 1.29 is 9.59 Å². The second-order valence-electron chi connectivity index (χ2n) is 6.75. The first-order valence-corrected chi connectivity index (χ1v) is 8.54. The molecule has 1 aromatic heterocycles. The summed E-state index contributed by atoms with van der Waals surface area (Å²) in [6, 6.07) is 18.6. The molecule has 2 heterocycles. The van der Waals surface area contributed by atoms with E-state index in [4.69, 9.17) is 0 Å². The molecular weight excluding hydrogens is 326 g/mol. The highest BCUT2D eigenvalue weighted by atomic mass is 16.2. The molecule has 1 atom stereocenters. The number of amides is 3. The van der Waals surface area contributed by atoms with Crippen LogP contribution in [0.2, 0.25) is 0 Å². The van der Waals surface area contributed by atoms with Gasteiger partial charge in [0.1, 0.15) is 5.54 Å². The van der Waals surface area contributed by atoms with E-state index in [1.54, 1.807) is 6.92 Å². The summed E-state index contributed by atoms with van der Waals surface area (Å²) in [6.45, 7) is 3.88. The molecule has 4 rings (SSSR count). The number of hydrogen-bond donors (Lipinski definition) is 1. The second-order valence-corrected chi connectivity index (χ2v) is 6.75. The quantitative estimate of drug-likeness (QED) is 0.739. The Morgan fingerprint density at radius 2 is 1.73 bits per heavy atom. The van der Waals surface area contributed by atoms with Crippen LogP contribution >= 0.6 is 0 Å². The zero-order chi connectivity index (χ0) is 18.3. The standard InChI is InChI=1S/C21H19N3O2/c1-14-12-15(17-10-6-7-11-18(17)22-14)13-24-19(25)21(2,23-20(24)26)16-8-4-3-5-9-16/h3-12H,13H2,1-2H3,(H,23,26). The maximum atomic E-state index is 13.1. The average molecular weight is 345 g/mol.